The fourth-order valence-corrected chi connectivity index (χ4v) is 4.63. The third-order valence-corrected chi connectivity index (χ3v) is 6.70. The molecule has 1 amide bonds. The number of aromatic nitrogens is 3. The highest BCUT2D eigenvalue weighted by atomic mass is 35.5. The fourth-order valence-electron chi connectivity index (χ4n) is 2.95. The molecule has 0 aliphatic carbocycles. The predicted molar refractivity (Wildman–Crippen MR) is 122 cm³/mol. The van der Waals surface area contributed by atoms with Gasteiger partial charge in [-0.2, -0.15) is 5.10 Å². The number of sulfonamides is 1. The molecule has 1 aromatic heterocycles. The second-order valence-electron chi connectivity index (χ2n) is 6.96. The molecule has 164 valence electrons. The van der Waals surface area contributed by atoms with Crippen LogP contribution < -0.4 is 10.0 Å². The Morgan fingerprint density at radius 2 is 1.87 bits per heavy atom. The first-order chi connectivity index (χ1) is 14.7. The van der Waals surface area contributed by atoms with Crippen LogP contribution >= 0.6 is 23.8 Å². The number of rotatable bonds is 8. The lowest BCUT2D eigenvalue weighted by atomic mass is 10.2. The number of aryl methyl sites for hydroxylation is 2. The lowest BCUT2D eigenvalue weighted by Gasteiger charge is -2.11. The molecule has 0 aliphatic rings. The predicted octanol–water partition coefficient (Wildman–Crippen LogP) is 2.97. The van der Waals surface area contributed by atoms with E-state index in [9.17, 15) is 13.2 Å². The molecule has 0 atom stereocenters. The third kappa shape index (κ3) is 5.79. The van der Waals surface area contributed by atoms with Gasteiger partial charge in [0, 0.05) is 23.7 Å². The monoisotopic (exact) mass is 479 g/mol. The minimum absolute atomic E-state index is 0.0578. The van der Waals surface area contributed by atoms with Crippen molar-refractivity contribution in [3.05, 3.63) is 63.4 Å². The third-order valence-electron chi connectivity index (χ3n) is 4.53. The summed E-state index contributed by atoms with van der Waals surface area (Å²) in [6, 6.07) is 12.2. The highest BCUT2D eigenvalue weighted by molar-refractivity contribution is 7.89. The zero-order valence-electron chi connectivity index (χ0n) is 17.0. The minimum Gasteiger partial charge on any atom is -0.353 e. The first-order valence-electron chi connectivity index (χ1n) is 9.42. The van der Waals surface area contributed by atoms with Crippen molar-refractivity contribution in [3.63, 3.8) is 0 Å². The molecule has 0 spiro atoms. The summed E-state index contributed by atoms with van der Waals surface area (Å²) >= 11 is 11.1. The van der Waals surface area contributed by atoms with Crippen LogP contribution in [0.25, 0.3) is 11.4 Å². The second-order valence-corrected chi connectivity index (χ2v) is 9.52. The van der Waals surface area contributed by atoms with Crippen LogP contribution in [0.15, 0.2) is 47.4 Å². The molecule has 0 bridgehead atoms. The molecule has 31 heavy (non-hydrogen) atoms. The normalized spacial score (nSPS) is 11.5. The van der Waals surface area contributed by atoms with E-state index in [0.717, 1.165) is 11.1 Å². The van der Waals surface area contributed by atoms with Gasteiger partial charge in [-0.25, -0.2) is 13.1 Å². The molecule has 11 heteroatoms. The van der Waals surface area contributed by atoms with E-state index in [-0.39, 0.29) is 30.4 Å². The van der Waals surface area contributed by atoms with Gasteiger partial charge in [-0.15, -0.1) is 0 Å². The maximum atomic E-state index is 12.5. The zero-order valence-corrected chi connectivity index (χ0v) is 19.4. The van der Waals surface area contributed by atoms with E-state index in [1.165, 1.54) is 0 Å². The van der Waals surface area contributed by atoms with Crippen LogP contribution in [0.5, 0.6) is 0 Å². The highest BCUT2D eigenvalue weighted by Gasteiger charge is 2.17. The van der Waals surface area contributed by atoms with Crippen LogP contribution in [0, 0.1) is 18.6 Å². The molecule has 3 N–H and O–H groups in total. The molecule has 2 aromatic carbocycles. The van der Waals surface area contributed by atoms with Gasteiger partial charge in [0.15, 0.2) is 10.6 Å². The number of hydrogen-bond donors (Lipinski definition) is 3. The van der Waals surface area contributed by atoms with Crippen molar-refractivity contribution >= 4 is 39.7 Å². The molecule has 1 heterocycles. The summed E-state index contributed by atoms with van der Waals surface area (Å²) in [7, 11) is -3.66. The SMILES string of the molecule is Cc1ccc(C)c(S(=O)(=O)NCCNC(=O)Cn2c(-c3ccc(Cl)cc3)n[nH]c2=S)c1. The number of hydrogen-bond acceptors (Lipinski definition) is 5. The van der Waals surface area contributed by atoms with Crippen LogP contribution in [0.1, 0.15) is 11.1 Å². The second kappa shape index (κ2) is 9.73. The van der Waals surface area contributed by atoms with Gasteiger partial charge in [-0.3, -0.25) is 14.5 Å². The van der Waals surface area contributed by atoms with Crippen LogP contribution in [0.2, 0.25) is 5.02 Å². The molecule has 8 nitrogen and oxygen atoms in total. The van der Waals surface area contributed by atoms with Gasteiger partial charge < -0.3 is 5.32 Å². The molecular formula is C20H22ClN5O3S2. The zero-order chi connectivity index (χ0) is 22.6. The van der Waals surface area contributed by atoms with E-state index in [2.05, 4.69) is 20.2 Å². The number of benzene rings is 2. The number of carbonyl (C=O) groups excluding carboxylic acids is 1. The number of H-pyrrole nitrogens is 1. The van der Waals surface area contributed by atoms with Crippen molar-refractivity contribution in [1.82, 2.24) is 24.8 Å². The van der Waals surface area contributed by atoms with E-state index < -0.39 is 10.0 Å². The summed E-state index contributed by atoms with van der Waals surface area (Å²) in [6.45, 7) is 3.70. The summed E-state index contributed by atoms with van der Waals surface area (Å²) in [4.78, 5) is 12.6. The quantitative estimate of drug-likeness (QED) is 0.340. The molecule has 0 unspecified atom stereocenters. The topological polar surface area (TPSA) is 109 Å². The van der Waals surface area contributed by atoms with Gasteiger partial charge in [0.25, 0.3) is 0 Å². The average molecular weight is 480 g/mol. The van der Waals surface area contributed by atoms with E-state index in [4.69, 9.17) is 23.8 Å². The Labute approximate surface area is 190 Å². The van der Waals surface area contributed by atoms with Crippen LogP contribution in [0.4, 0.5) is 0 Å². The number of halogens is 1. The molecule has 0 saturated carbocycles. The number of aromatic amines is 1. The van der Waals surface area contributed by atoms with E-state index >= 15 is 0 Å². The van der Waals surface area contributed by atoms with Crippen LogP contribution in [0.3, 0.4) is 0 Å². The van der Waals surface area contributed by atoms with E-state index in [1.54, 1.807) is 47.9 Å². The lowest BCUT2D eigenvalue weighted by Crippen LogP contribution is -2.36. The molecule has 0 radical (unpaired) electrons. The van der Waals surface area contributed by atoms with Crippen LogP contribution in [-0.4, -0.2) is 42.2 Å². The Bertz CT molecular complexity index is 1250. The van der Waals surface area contributed by atoms with Gasteiger partial charge in [-0.05, 0) is 67.5 Å². The van der Waals surface area contributed by atoms with Crippen molar-refractivity contribution in [2.24, 2.45) is 0 Å². The maximum Gasteiger partial charge on any atom is 0.240 e. The Hall–Kier alpha value is -2.53. The molecular weight excluding hydrogens is 458 g/mol. The molecule has 0 saturated heterocycles. The fraction of sp³-hybridized carbons (Fsp3) is 0.250. The van der Waals surface area contributed by atoms with Crippen molar-refractivity contribution in [2.45, 2.75) is 25.3 Å². The van der Waals surface area contributed by atoms with Gasteiger partial charge >= 0.3 is 0 Å². The first kappa shape index (κ1) is 23.1. The van der Waals surface area contributed by atoms with Gasteiger partial charge in [0.2, 0.25) is 15.9 Å². The van der Waals surface area contributed by atoms with Crippen molar-refractivity contribution in [1.29, 1.82) is 0 Å². The average Bonchev–Trinajstić information content (AvgIpc) is 3.08. The summed E-state index contributed by atoms with van der Waals surface area (Å²) in [5.74, 6) is 0.186. The summed E-state index contributed by atoms with van der Waals surface area (Å²) in [6.07, 6.45) is 0. The molecule has 0 aliphatic heterocycles. The Morgan fingerprint density at radius 1 is 1.16 bits per heavy atom. The number of amides is 1. The van der Waals surface area contributed by atoms with Crippen LogP contribution in [-0.2, 0) is 21.4 Å². The van der Waals surface area contributed by atoms with Crippen molar-refractivity contribution < 1.29 is 13.2 Å². The van der Waals surface area contributed by atoms with E-state index in [0.29, 0.717) is 21.2 Å². The highest BCUT2D eigenvalue weighted by Crippen LogP contribution is 2.20. The number of nitrogens with one attached hydrogen (secondary N) is 3. The standard InChI is InChI=1S/C20H22ClN5O3S2/c1-13-3-4-14(2)17(11-13)31(28,29)23-10-9-22-18(27)12-26-19(24-25-20(26)30)15-5-7-16(21)8-6-15/h3-8,11,23H,9-10,12H2,1-2H3,(H,22,27)(H,25,30). The van der Waals surface area contributed by atoms with Crippen molar-refractivity contribution in [3.8, 4) is 11.4 Å². The number of carbonyl (C=O) groups is 1. The number of nitrogens with zero attached hydrogens (tertiary/aromatic N) is 2. The molecule has 0 fully saturated rings. The Kier molecular flexibility index (Phi) is 7.26. The minimum atomic E-state index is -3.66. The maximum absolute atomic E-state index is 12.5. The first-order valence-corrected chi connectivity index (χ1v) is 11.7. The summed E-state index contributed by atoms with van der Waals surface area (Å²) in [5.41, 5.74) is 2.27. The Balaban J connectivity index is 1.58. The van der Waals surface area contributed by atoms with Gasteiger partial charge in [0.1, 0.15) is 6.54 Å². The largest absolute Gasteiger partial charge is 0.353 e. The van der Waals surface area contributed by atoms with Crippen molar-refractivity contribution in [2.75, 3.05) is 13.1 Å². The molecule has 3 rings (SSSR count). The summed E-state index contributed by atoms with van der Waals surface area (Å²) < 4.78 is 29.4. The summed E-state index contributed by atoms with van der Waals surface area (Å²) in [5, 5.41) is 10.1. The van der Waals surface area contributed by atoms with Gasteiger partial charge in [-0.1, -0.05) is 23.7 Å². The molecule has 3 aromatic rings. The lowest BCUT2D eigenvalue weighted by molar-refractivity contribution is -0.121. The van der Waals surface area contributed by atoms with E-state index in [1.807, 2.05) is 13.0 Å². The Morgan fingerprint density at radius 3 is 2.58 bits per heavy atom. The van der Waals surface area contributed by atoms with Gasteiger partial charge in [0.05, 0.1) is 4.90 Å². The smallest absolute Gasteiger partial charge is 0.240 e.